The van der Waals surface area contributed by atoms with Crippen LogP contribution in [0.1, 0.15) is 49.4 Å². The number of phenolic OH excluding ortho intramolecular Hbond substituents is 1. The zero-order valence-electron chi connectivity index (χ0n) is 17.6. The minimum Gasteiger partial charge on any atom is -0.505 e. The van der Waals surface area contributed by atoms with Crippen molar-refractivity contribution in [1.29, 1.82) is 0 Å². The van der Waals surface area contributed by atoms with E-state index >= 15 is 0 Å². The fourth-order valence-electron chi connectivity index (χ4n) is 3.70. The Hall–Kier alpha value is -3.23. The lowest BCUT2D eigenvalue weighted by Gasteiger charge is -2.25. The number of carbonyl (C=O) groups excluding carboxylic acids is 1. The third kappa shape index (κ3) is 4.34. The third-order valence-corrected chi connectivity index (χ3v) is 5.37. The van der Waals surface area contributed by atoms with Crippen LogP contribution < -0.4 is 21.8 Å². The van der Waals surface area contributed by atoms with E-state index in [2.05, 4.69) is 15.7 Å². The number of nitrogens with zero attached hydrogens (tertiary/aromatic N) is 2. The molecule has 1 aromatic heterocycles. The number of nitrogens with one attached hydrogen (secondary N) is 3. The first-order chi connectivity index (χ1) is 14.3. The molecule has 2 aromatic rings. The second-order valence-corrected chi connectivity index (χ2v) is 7.75. The molecule has 9 heteroatoms. The first-order valence-corrected chi connectivity index (χ1v) is 10.3. The predicted octanol–water partition coefficient (Wildman–Crippen LogP) is 2.45. The maximum atomic E-state index is 13.0. The molecule has 1 aliphatic carbocycles. The fraction of sp³-hybridized carbons (Fsp3) is 0.476. The van der Waals surface area contributed by atoms with Gasteiger partial charge in [-0.25, -0.2) is 4.68 Å². The van der Waals surface area contributed by atoms with Crippen LogP contribution in [-0.2, 0) is 6.54 Å². The Bertz CT molecular complexity index is 1030. The first-order valence-electron chi connectivity index (χ1n) is 10.3. The molecule has 1 heterocycles. The third-order valence-electron chi connectivity index (χ3n) is 5.37. The van der Waals surface area contributed by atoms with Crippen LogP contribution in [0, 0.1) is 0 Å². The predicted molar refractivity (Wildman–Crippen MR) is 117 cm³/mol. The molecule has 1 fully saturated rings. The van der Waals surface area contributed by atoms with Gasteiger partial charge in [0.25, 0.3) is 17.0 Å². The number of anilines is 3. The number of amides is 1. The van der Waals surface area contributed by atoms with Gasteiger partial charge in [-0.15, -0.1) is 0 Å². The van der Waals surface area contributed by atoms with E-state index in [1.165, 1.54) is 15.6 Å². The lowest BCUT2D eigenvalue weighted by molar-refractivity contribution is 0.0824. The summed E-state index contributed by atoms with van der Waals surface area (Å²) < 4.78 is 1.21. The van der Waals surface area contributed by atoms with Crippen molar-refractivity contribution in [2.45, 2.75) is 51.6 Å². The normalized spacial score (nSPS) is 14.4. The summed E-state index contributed by atoms with van der Waals surface area (Å²) in [5.41, 5.74) is -0.341. The number of aromatic hydroxyl groups is 1. The van der Waals surface area contributed by atoms with E-state index in [0.29, 0.717) is 0 Å². The van der Waals surface area contributed by atoms with Crippen LogP contribution in [0.4, 0.5) is 17.1 Å². The number of carbonyl (C=O) groups is 1. The highest BCUT2D eigenvalue weighted by atomic mass is 16.3. The number of phenols is 1. The van der Waals surface area contributed by atoms with Gasteiger partial charge in [0.15, 0.2) is 5.75 Å². The van der Waals surface area contributed by atoms with Gasteiger partial charge in [0.1, 0.15) is 11.4 Å². The average molecular weight is 415 g/mol. The molecule has 0 spiro atoms. The maximum Gasteiger partial charge on any atom is 0.291 e. The molecule has 1 aliphatic rings. The van der Waals surface area contributed by atoms with Gasteiger partial charge in [-0.3, -0.25) is 19.5 Å². The second kappa shape index (κ2) is 9.06. The SMILES string of the molecule is CCn1[nH]c(=O)c(NC2CCCCC2)c(Nc2cccc(C(=O)N(C)C)c2O)c1=O. The number of benzene rings is 1. The van der Waals surface area contributed by atoms with Gasteiger partial charge in [-0.1, -0.05) is 25.3 Å². The Balaban J connectivity index is 2.05. The van der Waals surface area contributed by atoms with Crippen molar-refractivity contribution in [3.8, 4) is 5.75 Å². The molecule has 3 rings (SSSR count). The standard InChI is InChI=1S/C21H29N5O4/c1-4-26-21(30)17(16(19(28)24-26)22-13-9-6-5-7-10-13)23-15-12-8-11-14(18(15)27)20(29)25(2)3/h8,11-13,22-23,27H,4-7,9-10H2,1-3H3,(H,24,28). The molecule has 4 N–H and O–H groups in total. The van der Waals surface area contributed by atoms with Crippen molar-refractivity contribution >= 4 is 23.0 Å². The van der Waals surface area contributed by atoms with Crippen LogP contribution >= 0.6 is 0 Å². The second-order valence-electron chi connectivity index (χ2n) is 7.75. The minimum atomic E-state index is -0.417. The number of rotatable bonds is 6. The zero-order chi connectivity index (χ0) is 21.8. The number of aryl methyl sites for hydroxylation is 1. The van der Waals surface area contributed by atoms with Crippen molar-refractivity contribution < 1.29 is 9.90 Å². The Morgan fingerprint density at radius 3 is 2.53 bits per heavy atom. The van der Waals surface area contributed by atoms with Crippen molar-refractivity contribution in [3.63, 3.8) is 0 Å². The molecule has 0 unspecified atom stereocenters. The summed E-state index contributed by atoms with van der Waals surface area (Å²) in [6.07, 6.45) is 5.15. The summed E-state index contributed by atoms with van der Waals surface area (Å²) in [6.45, 7) is 2.04. The van der Waals surface area contributed by atoms with E-state index < -0.39 is 11.1 Å². The fourth-order valence-corrected chi connectivity index (χ4v) is 3.70. The van der Waals surface area contributed by atoms with Crippen LogP contribution in [0.5, 0.6) is 5.75 Å². The topological polar surface area (TPSA) is 119 Å². The van der Waals surface area contributed by atoms with E-state index in [1.54, 1.807) is 33.2 Å². The Labute approximate surface area is 174 Å². The minimum absolute atomic E-state index is 0.0518. The highest BCUT2D eigenvalue weighted by molar-refractivity contribution is 5.98. The van der Waals surface area contributed by atoms with Crippen LogP contribution in [0.2, 0.25) is 0 Å². The van der Waals surface area contributed by atoms with Crippen molar-refractivity contribution in [2.24, 2.45) is 0 Å². The van der Waals surface area contributed by atoms with E-state index in [-0.39, 0.29) is 46.9 Å². The quantitative estimate of drug-likeness (QED) is 0.538. The number of aromatic nitrogens is 2. The Morgan fingerprint density at radius 1 is 1.20 bits per heavy atom. The van der Waals surface area contributed by atoms with E-state index in [1.807, 2.05) is 0 Å². The molecule has 30 heavy (non-hydrogen) atoms. The molecule has 1 amide bonds. The van der Waals surface area contributed by atoms with Crippen LogP contribution in [0.25, 0.3) is 0 Å². The number of H-pyrrole nitrogens is 1. The van der Waals surface area contributed by atoms with Crippen molar-refractivity contribution in [3.05, 3.63) is 44.5 Å². The molecule has 0 radical (unpaired) electrons. The number of hydrogen-bond acceptors (Lipinski definition) is 6. The van der Waals surface area contributed by atoms with Gasteiger partial charge in [0.05, 0.1) is 11.3 Å². The van der Waals surface area contributed by atoms with Gasteiger partial charge in [-0.2, -0.15) is 0 Å². The highest BCUT2D eigenvalue weighted by Crippen LogP contribution is 2.32. The van der Waals surface area contributed by atoms with E-state index in [0.717, 1.165) is 32.1 Å². The monoisotopic (exact) mass is 415 g/mol. The summed E-state index contributed by atoms with van der Waals surface area (Å²) in [5.74, 6) is -0.642. The van der Waals surface area contributed by atoms with Crippen molar-refractivity contribution in [1.82, 2.24) is 14.7 Å². The summed E-state index contributed by atoms with van der Waals surface area (Å²) in [7, 11) is 3.18. The van der Waals surface area contributed by atoms with Crippen molar-refractivity contribution in [2.75, 3.05) is 24.7 Å². The summed E-state index contributed by atoms with van der Waals surface area (Å²) in [5, 5.41) is 19.4. The van der Waals surface area contributed by atoms with Gasteiger partial charge < -0.3 is 20.6 Å². The largest absolute Gasteiger partial charge is 0.505 e. The molecule has 1 aromatic carbocycles. The Morgan fingerprint density at radius 2 is 1.90 bits per heavy atom. The number of hydrogen-bond donors (Lipinski definition) is 4. The van der Waals surface area contributed by atoms with Gasteiger partial charge in [-0.05, 0) is 31.9 Å². The molecule has 0 atom stereocenters. The van der Waals surface area contributed by atoms with Crippen LogP contribution in [0.15, 0.2) is 27.8 Å². The molecule has 0 aliphatic heterocycles. The molecule has 9 nitrogen and oxygen atoms in total. The molecular weight excluding hydrogens is 386 g/mol. The molecule has 0 saturated heterocycles. The van der Waals surface area contributed by atoms with Gasteiger partial charge in [0, 0.05) is 26.7 Å². The highest BCUT2D eigenvalue weighted by Gasteiger charge is 2.22. The molecule has 0 bridgehead atoms. The van der Waals surface area contributed by atoms with E-state index in [4.69, 9.17) is 0 Å². The lowest BCUT2D eigenvalue weighted by atomic mass is 9.95. The maximum absolute atomic E-state index is 13.0. The van der Waals surface area contributed by atoms with Gasteiger partial charge >= 0.3 is 0 Å². The van der Waals surface area contributed by atoms with Crippen LogP contribution in [-0.4, -0.2) is 45.8 Å². The molecule has 162 valence electrons. The van der Waals surface area contributed by atoms with Crippen LogP contribution in [0.3, 0.4) is 0 Å². The van der Waals surface area contributed by atoms with Gasteiger partial charge in [0.2, 0.25) is 0 Å². The summed E-state index contributed by atoms with van der Waals surface area (Å²) >= 11 is 0. The smallest absolute Gasteiger partial charge is 0.291 e. The lowest BCUT2D eigenvalue weighted by Crippen LogP contribution is -2.35. The summed E-state index contributed by atoms with van der Waals surface area (Å²) in [4.78, 5) is 39.4. The Kier molecular flexibility index (Phi) is 6.49. The first kappa shape index (κ1) is 21.5. The number of para-hydroxylation sites is 1. The molecule has 1 saturated carbocycles. The zero-order valence-corrected chi connectivity index (χ0v) is 17.6. The van der Waals surface area contributed by atoms with E-state index in [9.17, 15) is 19.5 Å². The average Bonchev–Trinajstić information content (AvgIpc) is 2.74. The number of aromatic amines is 1. The summed E-state index contributed by atoms with van der Waals surface area (Å²) in [6, 6.07) is 4.78. The molecular formula is C21H29N5O4.